The van der Waals surface area contributed by atoms with Crippen LogP contribution in [0.25, 0.3) is 0 Å². The number of phosphoric ester groups is 1. The quantitative estimate of drug-likeness (QED) is 0.0272. The van der Waals surface area contributed by atoms with Gasteiger partial charge in [0.2, 0.25) is 5.91 Å². The van der Waals surface area contributed by atoms with Crippen molar-refractivity contribution in [3.63, 3.8) is 0 Å². The van der Waals surface area contributed by atoms with Gasteiger partial charge in [-0.3, -0.25) is 9.36 Å². The molecule has 0 spiro atoms. The van der Waals surface area contributed by atoms with Crippen molar-refractivity contribution in [3.05, 3.63) is 36.5 Å². The van der Waals surface area contributed by atoms with Crippen molar-refractivity contribution in [2.75, 3.05) is 40.9 Å². The first-order valence-corrected chi connectivity index (χ1v) is 33.8. The molecule has 1 amide bonds. The predicted molar refractivity (Wildman–Crippen MR) is 321 cm³/mol. The van der Waals surface area contributed by atoms with E-state index in [0.717, 1.165) is 44.9 Å². The van der Waals surface area contributed by atoms with Gasteiger partial charge in [-0.15, -0.1) is 0 Å². The molecule has 8 nitrogen and oxygen atoms in total. The largest absolute Gasteiger partial charge is 0.756 e. The molecular weight excluding hydrogens is 936 g/mol. The van der Waals surface area contributed by atoms with Crippen LogP contribution < -0.4 is 10.2 Å². The van der Waals surface area contributed by atoms with Gasteiger partial charge in [-0.05, 0) is 44.9 Å². The third-order valence-corrected chi connectivity index (χ3v) is 15.8. The molecule has 0 rings (SSSR count). The fraction of sp³-hybridized carbons (Fsp3) is 0.892. The molecule has 438 valence electrons. The van der Waals surface area contributed by atoms with Gasteiger partial charge in [0.05, 0.1) is 39.9 Å². The number of nitrogens with one attached hydrogen (secondary N) is 1. The summed E-state index contributed by atoms with van der Waals surface area (Å²) in [6.07, 6.45) is 74.0. The van der Waals surface area contributed by atoms with Crippen molar-refractivity contribution in [2.45, 2.75) is 334 Å². The van der Waals surface area contributed by atoms with Crippen LogP contribution in [0.3, 0.4) is 0 Å². The highest BCUT2D eigenvalue weighted by Crippen LogP contribution is 2.38. The third kappa shape index (κ3) is 58.4. The van der Waals surface area contributed by atoms with Crippen molar-refractivity contribution in [3.8, 4) is 0 Å². The van der Waals surface area contributed by atoms with Crippen LogP contribution in [0.1, 0.15) is 322 Å². The second kappa shape index (κ2) is 56.4. The maximum Gasteiger partial charge on any atom is 0.268 e. The van der Waals surface area contributed by atoms with Gasteiger partial charge in [-0.25, -0.2) is 0 Å². The molecule has 74 heavy (non-hydrogen) atoms. The van der Waals surface area contributed by atoms with Crippen LogP contribution in [0.2, 0.25) is 0 Å². The summed E-state index contributed by atoms with van der Waals surface area (Å²) in [5.41, 5.74) is 0. The summed E-state index contributed by atoms with van der Waals surface area (Å²) in [7, 11) is 1.25. The molecule has 3 atom stereocenters. The first kappa shape index (κ1) is 72.7. The molecule has 9 heteroatoms. The van der Waals surface area contributed by atoms with E-state index in [1.54, 1.807) is 6.08 Å². The van der Waals surface area contributed by atoms with Crippen molar-refractivity contribution in [1.29, 1.82) is 0 Å². The molecule has 0 aliphatic carbocycles. The number of unbranched alkanes of at least 4 members (excludes halogenated alkanes) is 43. The lowest BCUT2D eigenvalue weighted by molar-refractivity contribution is -0.870. The standard InChI is InChI=1S/C65H127N2O6P/c1-6-8-10-12-14-16-18-20-22-24-26-28-30-32-33-35-36-38-40-42-44-46-48-50-52-54-56-58-64(68)63(62-73-74(70,71)72-61-60-67(3,4)5)66-65(69)59-57-55-53-51-49-47-45-43-41-39-37-34-31-29-27-25-23-21-19-17-15-13-11-9-7-2/h40,42,48,50,56,58,63-64,68H,6-39,41,43-47,49,51-55,57,59-62H2,1-5H3,(H-,66,69,70,71)/b42-40+,50-48+,58-56+. The number of allylic oxidation sites excluding steroid dienone is 5. The van der Waals surface area contributed by atoms with Gasteiger partial charge in [-0.2, -0.15) is 0 Å². The van der Waals surface area contributed by atoms with Gasteiger partial charge in [0.25, 0.3) is 7.82 Å². The smallest absolute Gasteiger partial charge is 0.268 e. The Morgan fingerprint density at radius 1 is 0.459 bits per heavy atom. The normalized spacial score (nSPS) is 14.0. The Labute approximate surface area is 461 Å². The number of rotatable bonds is 60. The summed E-state index contributed by atoms with van der Waals surface area (Å²) in [6, 6.07) is -0.909. The predicted octanol–water partition coefficient (Wildman–Crippen LogP) is 19.5. The van der Waals surface area contributed by atoms with Gasteiger partial charge in [0.1, 0.15) is 13.2 Å². The number of hydrogen-bond donors (Lipinski definition) is 2. The first-order chi connectivity index (χ1) is 36.0. The maximum atomic E-state index is 13.0. The van der Waals surface area contributed by atoms with E-state index in [9.17, 15) is 19.4 Å². The molecule has 2 N–H and O–H groups in total. The summed E-state index contributed by atoms with van der Waals surface area (Å²) in [4.78, 5) is 25.6. The number of carbonyl (C=O) groups is 1. The minimum absolute atomic E-state index is 0.00718. The van der Waals surface area contributed by atoms with Gasteiger partial charge < -0.3 is 28.8 Å². The number of phosphoric acid groups is 1. The fourth-order valence-corrected chi connectivity index (χ4v) is 10.5. The molecule has 0 radical (unpaired) electrons. The molecule has 0 heterocycles. The van der Waals surface area contributed by atoms with E-state index in [1.165, 1.54) is 257 Å². The molecule has 0 aromatic rings. The van der Waals surface area contributed by atoms with E-state index < -0.39 is 26.6 Å². The number of amides is 1. The molecule has 0 fully saturated rings. The number of quaternary nitrogens is 1. The van der Waals surface area contributed by atoms with Crippen LogP contribution in [-0.4, -0.2) is 68.5 Å². The van der Waals surface area contributed by atoms with E-state index in [4.69, 9.17) is 9.05 Å². The number of aliphatic hydroxyl groups is 1. The Bertz CT molecular complexity index is 1300. The minimum atomic E-state index is -4.61. The molecule has 0 saturated carbocycles. The lowest BCUT2D eigenvalue weighted by atomic mass is 10.0. The second-order valence-electron chi connectivity index (χ2n) is 23.5. The highest BCUT2D eigenvalue weighted by atomic mass is 31.2. The lowest BCUT2D eigenvalue weighted by Gasteiger charge is -2.29. The Kier molecular flexibility index (Phi) is 55.5. The highest BCUT2D eigenvalue weighted by molar-refractivity contribution is 7.45. The van der Waals surface area contributed by atoms with E-state index in [2.05, 4.69) is 43.5 Å². The van der Waals surface area contributed by atoms with Crippen molar-refractivity contribution >= 4 is 13.7 Å². The highest BCUT2D eigenvalue weighted by Gasteiger charge is 2.23. The molecular formula is C65H127N2O6P. The summed E-state index contributed by atoms with van der Waals surface area (Å²) < 4.78 is 23.4. The number of nitrogens with zero attached hydrogens (tertiary/aromatic N) is 1. The molecule has 0 aromatic heterocycles. The number of hydrogen-bond acceptors (Lipinski definition) is 6. The van der Waals surface area contributed by atoms with Crippen LogP contribution in [0, 0.1) is 0 Å². The summed E-state index contributed by atoms with van der Waals surface area (Å²) >= 11 is 0. The molecule has 0 bridgehead atoms. The van der Waals surface area contributed by atoms with E-state index in [-0.39, 0.29) is 12.5 Å². The van der Waals surface area contributed by atoms with E-state index >= 15 is 0 Å². The molecule has 0 aromatic carbocycles. The molecule has 0 saturated heterocycles. The van der Waals surface area contributed by atoms with Crippen LogP contribution in [0.15, 0.2) is 36.5 Å². The molecule has 3 unspecified atom stereocenters. The minimum Gasteiger partial charge on any atom is -0.756 e. The van der Waals surface area contributed by atoms with Gasteiger partial charge >= 0.3 is 0 Å². The number of aliphatic hydroxyl groups excluding tert-OH is 1. The van der Waals surface area contributed by atoms with Gasteiger partial charge in [0.15, 0.2) is 0 Å². The Balaban J connectivity index is 4.18. The van der Waals surface area contributed by atoms with Crippen LogP contribution in [0.4, 0.5) is 0 Å². The lowest BCUT2D eigenvalue weighted by Crippen LogP contribution is -2.45. The zero-order chi connectivity index (χ0) is 54.2. The SMILES string of the molecule is CCCCCCCCCCCCCCCCCCC/C=C/CC/C=C/CC/C=C/C(O)C(COP(=O)([O-])OCC[N+](C)(C)C)NC(=O)CCCCCCCCCCCCCCCCCCCCCCCCCCC. The Hall–Kier alpha value is -1.28. The summed E-state index contributed by atoms with van der Waals surface area (Å²) in [5, 5.41) is 13.9. The monoisotopic (exact) mass is 1060 g/mol. The first-order valence-electron chi connectivity index (χ1n) is 32.4. The zero-order valence-electron chi connectivity index (χ0n) is 50.1. The zero-order valence-corrected chi connectivity index (χ0v) is 51.0. The summed E-state index contributed by atoms with van der Waals surface area (Å²) in [6.45, 7) is 4.67. The van der Waals surface area contributed by atoms with E-state index in [0.29, 0.717) is 17.4 Å². The maximum absolute atomic E-state index is 13.0. The Morgan fingerprint density at radius 3 is 1.09 bits per heavy atom. The van der Waals surface area contributed by atoms with Crippen molar-refractivity contribution < 1.29 is 32.9 Å². The fourth-order valence-electron chi connectivity index (χ4n) is 9.78. The van der Waals surface area contributed by atoms with Crippen LogP contribution in [0.5, 0.6) is 0 Å². The molecule has 0 aliphatic rings. The average Bonchev–Trinajstić information content (AvgIpc) is 3.36. The van der Waals surface area contributed by atoms with E-state index in [1.807, 2.05) is 27.2 Å². The number of likely N-dealkylation sites (N-methyl/N-ethyl adjacent to an activating group) is 1. The number of carbonyl (C=O) groups excluding carboxylic acids is 1. The topological polar surface area (TPSA) is 108 Å². The van der Waals surface area contributed by atoms with Gasteiger partial charge in [0, 0.05) is 6.42 Å². The average molecular weight is 1060 g/mol. The van der Waals surface area contributed by atoms with Crippen LogP contribution in [-0.2, 0) is 18.4 Å². The second-order valence-corrected chi connectivity index (χ2v) is 24.9. The third-order valence-electron chi connectivity index (χ3n) is 14.8. The van der Waals surface area contributed by atoms with Crippen LogP contribution >= 0.6 is 7.82 Å². The van der Waals surface area contributed by atoms with Crippen molar-refractivity contribution in [1.82, 2.24) is 5.32 Å². The van der Waals surface area contributed by atoms with Crippen molar-refractivity contribution in [2.24, 2.45) is 0 Å². The Morgan fingerprint density at radius 2 is 0.757 bits per heavy atom. The molecule has 0 aliphatic heterocycles. The van der Waals surface area contributed by atoms with Gasteiger partial charge in [-0.1, -0.05) is 307 Å². The summed E-state index contributed by atoms with van der Waals surface area (Å²) in [5.74, 6) is -0.205.